The van der Waals surface area contributed by atoms with Gasteiger partial charge >= 0.3 is 0 Å². The number of hydrogen-bond acceptors (Lipinski definition) is 3. The van der Waals surface area contributed by atoms with Gasteiger partial charge in [-0.25, -0.2) is 9.97 Å². The van der Waals surface area contributed by atoms with Crippen LogP contribution in [0.4, 0.5) is 0 Å². The summed E-state index contributed by atoms with van der Waals surface area (Å²) in [7, 11) is 0. The van der Waals surface area contributed by atoms with E-state index in [1.807, 2.05) is 50.2 Å². The van der Waals surface area contributed by atoms with Crippen LogP contribution in [0, 0.1) is 25.7 Å². The first-order valence-electron chi connectivity index (χ1n) is 5.73. The molecule has 0 amide bonds. The monoisotopic (exact) mass is 254 g/mol. The first kappa shape index (κ1) is 12.7. The van der Waals surface area contributed by atoms with Gasteiger partial charge in [-0.2, -0.15) is 0 Å². The van der Waals surface area contributed by atoms with Crippen molar-refractivity contribution in [3.05, 3.63) is 53.3 Å². The number of nitrogens with zero attached hydrogens (tertiary/aromatic N) is 2. The number of aryl methyl sites for hydroxylation is 2. The molecule has 0 aliphatic heterocycles. The van der Waals surface area contributed by atoms with E-state index in [0.717, 1.165) is 22.1 Å². The molecule has 2 aromatic rings. The molecule has 0 bridgehead atoms. The van der Waals surface area contributed by atoms with E-state index in [4.69, 9.17) is 0 Å². The van der Waals surface area contributed by atoms with Gasteiger partial charge in [0.05, 0.1) is 5.75 Å². The maximum atomic E-state index is 4.36. The number of rotatable bonds is 2. The van der Waals surface area contributed by atoms with Crippen LogP contribution >= 0.6 is 11.8 Å². The summed E-state index contributed by atoms with van der Waals surface area (Å²) < 4.78 is 0. The molecule has 0 N–H and O–H groups in total. The highest BCUT2D eigenvalue weighted by Crippen LogP contribution is 2.13. The summed E-state index contributed by atoms with van der Waals surface area (Å²) in [5.41, 5.74) is 3.04. The minimum atomic E-state index is 0.706. The molecule has 1 aromatic carbocycles. The molecular formula is C15H14N2S. The summed E-state index contributed by atoms with van der Waals surface area (Å²) in [6, 6.07) is 12.0. The summed E-state index contributed by atoms with van der Waals surface area (Å²) in [6.07, 6.45) is 0. The number of aromatic nitrogens is 2. The Balaban J connectivity index is 1.95. The summed E-state index contributed by atoms with van der Waals surface area (Å²) in [5.74, 6) is 6.95. The van der Waals surface area contributed by atoms with E-state index in [2.05, 4.69) is 21.8 Å². The molecule has 0 unspecified atom stereocenters. The molecular weight excluding hydrogens is 240 g/mol. The van der Waals surface area contributed by atoms with Gasteiger partial charge in [0.15, 0.2) is 5.16 Å². The van der Waals surface area contributed by atoms with Gasteiger partial charge in [-0.1, -0.05) is 41.8 Å². The summed E-state index contributed by atoms with van der Waals surface area (Å²) in [5, 5.41) is 0.801. The minimum Gasteiger partial charge on any atom is -0.228 e. The summed E-state index contributed by atoms with van der Waals surface area (Å²) in [6.45, 7) is 3.96. The predicted molar refractivity (Wildman–Crippen MR) is 75.6 cm³/mol. The van der Waals surface area contributed by atoms with E-state index >= 15 is 0 Å². The molecule has 0 radical (unpaired) electrons. The average molecular weight is 254 g/mol. The maximum Gasteiger partial charge on any atom is 0.188 e. The third-order valence-corrected chi connectivity index (χ3v) is 2.97. The fourth-order valence-corrected chi connectivity index (χ4v) is 2.21. The van der Waals surface area contributed by atoms with Crippen LogP contribution in [-0.4, -0.2) is 15.7 Å². The zero-order valence-corrected chi connectivity index (χ0v) is 11.3. The van der Waals surface area contributed by atoms with E-state index in [1.165, 1.54) is 0 Å². The fraction of sp³-hybridized carbons (Fsp3) is 0.200. The smallest absolute Gasteiger partial charge is 0.188 e. The van der Waals surface area contributed by atoms with Gasteiger partial charge in [0, 0.05) is 17.0 Å². The van der Waals surface area contributed by atoms with Gasteiger partial charge in [-0.05, 0) is 32.0 Å². The van der Waals surface area contributed by atoms with Crippen molar-refractivity contribution < 1.29 is 0 Å². The molecule has 2 nitrogen and oxygen atoms in total. The van der Waals surface area contributed by atoms with Crippen molar-refractivity contribution in [2.75, 3.05) is 5.75 Å². The predicted octanol–water partition coefficient (Wildman–Crippen LogP) is 3.24. The van der Waals surface area contributed by atoms with Crippen molar-refractivity contribution in [3.63, 3.8) is 0 Å². The molecule has 3 heteroatoms. The number of benzene rings is 1. The van der Waals surface area contributed by atoms with Crippen molar-refractivity contribution in [1.29, 1.82) is 0 Å². The first-order valence-corrected chi connectivity index (χ1v) is 6.71. The zero-order chi connectivity index (χ0) is 12.8. The highest BCUT2D eigenvalue weighted by atomic mass is 32.2. The second kappa shape index (κ2) is 6.23. The van der Waals surface area contributed by atoms with Crippen molar-refractivity contribution in [1.82, 2.24) is 9.97 Å². The SMILES string of the molecule is Cc1cc(C)nc(SCC#Cc2ccccc2)n1. The molecule has 18 heavy (non-hydrogen) atoms. The second-order valence-corrected chi connectivity index (χ2v) is 4.83. The molecule has 0 atom stereocenters. The highest BCUT2D eigenvalue weighted by molar-refractivity contribution is 7.99. The van der Waals surface area contributed by atoms with Gasteiger partial charge < -0.3 is 0 Å². The normalized spacial score (nSPS) is 9.67. The van der Waals surface area contributed by atoms with Crippen LogP contribution in [0.1, 0.15) is 17.0 Å². The van der Waals surface area contributed by atoms with Crippen molar-refractivity contribution in [3.8, 4) is 11.8 Å². The molecule has 2 rings (SSSR count). The Labute approximate surface area is 112 Å². The van der Waals surface area contributed by atoms with E-state index in [1.54, 1.807) is 11.8 Å². The molecule has 0 saturated heterocycles. The summed E-state index contributed by atoms with van der Waals surface area (Å²) in [4.78, 5) is 8.73. The third kappa shape index (κ3) is 3.90. The van der Waals surface area contributed by atoms with Gasteiger partial charge in [0.2, 0.25) is 0 Å². The molecule has 1 aromatic heterocycles. The molecule has 1 heterocycles. The zero-order valence-electron chi connectivity index (χ0n) is 10.5. The third-order valence-electron chi connectivity index (χ3n) is 2.24. The lowest BCUT2D eigenvalue weighted by atomic mass is 10.2. The Bertz CT molecular complexity index is 562. The lowest BCUT2D eigenvalue weighted by molar-refractivity contribution is 0.904. The van der Waals surface area contributed by atoms with Crippen LogP contribution in [0.3, 0.4) is 0 Å². The molecule has 0 fully saturated rings. The first-order chi connectivity index (χ1) is 8.74. The molecule has 0 aliphatic carbocycles. The van der Waals surface area contributed by atoms with E-state index in [-0.39, 0.29) is 0 Å². The molecule has 0 saturated carbocycles. The molecule has 90 valence electrons. The Morgan fingerprint density at radius 1 is 1.06 bits per heavy atom. The van der Waals surface area contributed by atoms with Gasteiger partial charge in [0.1, 0.15) is 0 Å². The lowest BCUT2D eigenvalue weighted by Crippen LogP contribution is -1.92. The van der Waals surface area contributed by atoms with Gasteiger partial charge in [-0.15, -0.1) is 0 Å². The quantitative estimate of drug-likeness (QED) is 0.467. The van der Waals surface area contributed by atoms with Crippen molar-refractivity contribution in [2.24, 2.45) is 0 Å². The van der Waals surface area contributed by atoms with Crippen LogP contribution in [0.2, 0.25) is 0 Å². The lowest BCUT2D eigenvalue weighted by Gasteiger charge is -1.99. The van der Waals surface area contributed by atoms with Crippen molar-refractivity contribution in [2.45, 2.75) is 19.0 Å². The van der Waals surface area contributed by atoms with Crippen LogP contribution in [0.5, 0.6) is 0 Å². The minimum absolute atomic E-state index is 0.706. The number of hydrogen-bond donors (Lipinski definition) is 0. The van der Waals surface area contributed by atoms with E-state index in [9.17, 15) is 0 Å². The summed E-state index contributed by atoms with van der Waals surface area (Å²) >= 11 is 1.57. The fourth-order valence-electron chi connectivity index (χ4n) is 1.52. The Morgan fingerprint density at radius 2 is 1.72 bits per heavy atom. The van der Waals surface area contributed by atoms with Crippen LogP contribution in [0.25, 0.3) is 0 Å². The highest BCUT2D eigenvalue weighted by Gasteiger charge is 1.98. The van der Waals surface area contributed by atoms with E-state index < -0.39 is 0 Å². The van der Waals surface area contributed by atoms with Crippen molar-refractivity contribution >= 4 is 11.8 Å². The molecule has 0 spiro atoms. The number of thioether (sulfide) groups is 1. The molecule has 0 aliphatic rings. The maximum absolute atomic E-state index is 4.36. The Hall–Kier alpha value is -1.79. The standard InChI is InChI=1S/C15H14N2S/c1-12-11-13(2)17-15(16-12)18-10-6-9-14-7-4-3-5-8-14/h3-5,7-8,11H,10H2,1-2H3. The largest absolute Gasteiger partial charge is 0.228 e. The Kier molecular flexibility index (Phi) is 4.38. The van der Waals surface area contributed by atoms with Crippen LogP contribution in [-0.2, 0) is 0 Å². The second-order valence-electron chi connectivity index (χ2n) is 3.89. The average Bonchev–Trinajstić information content (AvgIpc) is 2.35. The van der Waals surface area contributed by atoms with E-state index in [0.29, 0.717) is 5.75 Å². The van der Waals surface area contributed by atoms with Gasteiger partial charge in [0.25, 0.3) is 0 Å². The van der Waals surface area contributed by atoms with Crippen LogP contribution in [0.15, 0.2) is 41.6 Å². The topological polar surface area (TPSA) is 25.8 Å². The Morgan fingerprint density at radius 3 is 2.39 bits per heavy atom. The van der Waals surface area contributed by atoms with Crippen LogP contribution < -0.4 is 0 Å². The van der Waals surface area contributed by atoms with Gasteiger partial charge in [-0.3, -0.25) is 0 Å².